The highest BCUT2D eigenvalue weighted by Gasteiger charge is 2.09. The van der Waals surface area contributed by atoms with Gasteiger partial charge in [-0.2, -0.15) is 5.10 Å². The molecule has 2 aromatic heterocycles. The highest BCUT2D eigenvalue weighted by atomic mass is 35.5. The van der Waals surface area contributed by atoms with Crippen LogP contribution in [0.25, 0.3) is 0 Å². The van der Waals surface area contributed by atoms with Gasteiger partial charge < -0.3 is 9.73 Å². The third-order valence-corrected chi connectivity index (χ3v) is 3.11. The molecule has 0 atom stereocenters. The fourth-order valence-electron chi connectivity index (χ4n) is 1.65. The molecular weight excluding hydrogens is 266 g/mol. The molecule has 102 valence electrons. The molecule has 0 aliphatic rings. The number of hydrogen-bond acceptors (Lipinski definition) is 4. The molecule has 2 heterocycles. The zero-order valence-corrected chi connectivity index (χ0v) is 11.5. The van der Waals surface area contributed by atoms with Crippen LogP contribution in [-0.4, -0.2) is 9.78 Å². The summed E-state index contributed by atoms with van der Waals surface area (Å²) in [7, 11) is 0. The van der Waals surface area contributed by atoms with Crippen molar-refractivity contribution in [3.05, 3.63) is 45.7 Å². The molecule has 0 aliphatic carbocycles. The Morgan fingerprint density at radius 2 is 2.37 bits per heavy atom. The fraction of sp³-hybridized carbons (Fsp3) is 0.385. The maximum Gasteiger partial charge on any atom is 0.287 e. The van der Waals surface area contributed by atoms with Gasteiger partial charge in [-0.25, -0.2) is 4.68 Å². The van der Waals surface area contributed by atoms with Gasteiger partial charge in [0.15, 0.2) is 0 Å². The van der Waals surface area contributed by atoms with Crippen LogP contribution in [0.2, 0.25) is 5.02 Å². The number of unbranched alkanes of at least 4 members (excludes halogenated alkanes) is 1. The first-order valence-electron chi connectivity index (χ1n) is 6.24. The quantitative estimate of drug-likeness (QED) is 0.884. The first-order valence-corrected chi connectivity index (χ1v) is 6.62. The summed E-state index contributed by atoms with van der Waals surface area (Å²) >= 11 is 6.05. The van der Waals surface area contributed by atoms with Crippen LogP contribution >= 0.6 is 11.6 Å². The lowest BCUT2D eigenvalue weighted by molar-refractivity contribution is 0.517. The summed E-state index contributed by atoms with van der Waals surface area (Å²) in [5.41, 5.74) is 0.260. The van der Waals surface area contributed by atoms with E-state index in [-0.39, 0.29) is 10.6 Å². The van der Waals surface area contributed by atoms with Crippen molar-refractivity contribution in [1.29, 1.82) is 0 Å². The van der Waals surface area contributed by atoms with Gasteiger partial charge in [0.25, 0.3) is 5.56 Å². The lowest BCUT2D eigenvalue weighted by Crippen LogP contribution is -2.24. The summed E-state index contributed by atoms with van der Waals surface area (Å²) in [5.74, 6) is 0.770. The average Bonchev–Trinajstić information content (AvgIpc) is 2.92. The lowest BCUT2D eigenvalue weighted by Gasteiger charge is -2.09. The third kappa shape index (κ3) is 3.38. The molecule has 5 nitrogen and oxygen atoms in total. The maximum atomic E-state index is 12.0. The predicted octanol–water partition coefficient (Wildman–Crippen LogP) is 2.90. The van der Waals surface area contributed by atoms with E-state index in [9.17, 15) is 4.79 Å². The number of nitrogens with zero attached hydrogens (tertiary/aromatic N) is 2. The van der Waals surface area contributed by atoms with Gasteiger partial charge in [0.05, 0.1) is 24.7 Å². The molecule has 0 spiro atoms. The van der Waals surface area contributed by atoms with Crippen molar-refractivity contribution in [2.24, 2.45) is 0 Å². The van der Waals surface area contributed by atoms with Crippen LogP contribution in [0.1, 0.15) is 25.5 Å². The van der Waals surface area contributed by atoms with Gasteiger partial charge in [-0.3, -0.25) is 4.79 Å². The van der Waals surface area contributed by atoms with E-state index in [0.717, 1.165) is 18.6 Å². The minimum Gasteiger partial charge on any atom is -0.467 e. The molecule has 0 fully saturated rings. The normalized spacial score (nSPS) is 10.6. The first kappa shape index (κ1) is 13.7. The van der Waals surface area contributed by atoms with Crippen molar-refractivity contribution in [1.82, 2.24) is 9.78 Å². The van der Waals surface area contributed by atoms with E-state index in [4.69, 9.17) is 16.0 Å². The van der Waals surface area contributed by atoms with Crippen LogP contribution in [0, 0.1) is 0 Å². The molecule has 0 amide bonds. The monoisotopic (exact) mass is 281 g/mol. The van der Waals surface area contributed by atoms with E-state index in [2.05, 4.69) is 17.3 Å². The number of aryl methyl sites for hydroxylation is 1. The fourth-order valence-corrected chi connectivity index (χ4v) is 1.86. The Morgan fingerprint density at radius 3 is 3.05 bits per heavy atom. The van der Waals surface area contributed by atoms with Gasteiger partial charge in [-0.15, -0.1) is 0 Å². The van der Waals surface area contributed by atoms with Crippen LogP contribution in [0.5, 0.6) is 0 Å². The number of furan rings is 1. The van der Waals surface area contributed by atoms with E-state index in [1.165, 1.54) is 4.68 Å². The van der Waals surface area contributed by atoms with E-state index in [1.54, 1.807) is 18.5 Å². The van der Waals surface area contributed by atoms with Gasteiger partial charge in [0.1, 0.15) is 10.8 Å². The topological polar surface area (TPSA) is 60.1 Å². The number of rotatable bonds is 6. The van der Waals surface area contributed by atoms with E-state index < -0.39 is 0 Å². The second kappa shape index (κ2) is 6.43. The molecule has 0 bridgehead atoms. The Balaban J connectivity index is 2.09. The van der Waals surface area contributed by atoms with Crippen molar-refractivity contribution in [3.63, 3.8) is 0 Å². The summed E-state index contributed by atoms with van der Waals surface area (Å²) in [6.07, 6.45) is 5.08. The van der Waals surface area contributed by atoms with Crippen molar-refractivity contribution in [3.8, 4) is 0 Å². The third-order valence-electron chi connectivity index (χ3n) is 2.74. The number of aromatic nitrogens is 2. The standard InChI is InChI=1S/C13H16ClN3O2/c1-2-3-6-17-13(18)12(14)11(9-16-17)15-8-10-5-4-7-19-10/h4-5,7,9,15H,2-3,6,8H2,1H3. The minimum absolute atomic E-state index is 0.164. The molecule has 0 aliphatic heterocycles. The van der Waals surface area contributed by atoms with Gasteiger partial charge in [0, 0.05) is 6.54 Å². The second-order valence-corrected chi connectivity index (χ2v) is 4.56. The second-order valence-electron chi connectivity index (χ2n) is 4.19. The number of nitrogens with one attached hydrogen (secondary N) is 1. The van der Waals surface area contributed by atoms with Crippen LogP contribution in [0.3, 0.4) is 0 Å². The first-order chi connectivity index (χ1) is 9.22. The van der Waals surface area contributed by atoms with Crippen molar-refractivity contribution in [2.45, 2.75) is 32.9 Å². The number of halogens is 1. The van der Waals surface area contributed by atoms with Crippen LogP contribution in [-0.2, 0) is 13.1 Å². The van der Waals surface area contributed by atoms with E-state index in [0.29, 0.717) is 18.8 Å². The molecule has 1 N–H and O–H groups in total. The van der Waals surface area contributed by atoms with Crippen LogP contribution in [0.15, 0.2) is 33.8 Å². The smallest absolute Gasteiger partial charge is 0.287 e. The minimum atomic E-state index is -0.264. The molecular formula is C13H16ClN3O2. The van der Waals surface area contributed by atoms with Gasteiger partial charge in [-0.1, -0.05) is 24.9 Å². The van der Waals surface area contributed by atoms with E-state index in [1.807, 2.05) is 6.07 Å². The van der Waals surface area contributed by atoms with Crippen molar-refractivity contribution >= 4 is 17.3 Å². The molecule has 0 saturated heterocycles. The zero-order chi connectivity index (χ0) is 13.7. The van der Waals surface area contributed by atoms with Gasteiger partial charge in [0.2, 0.25) is 0 Å². The summed E-state index contributed by atoms with van der Waals surface area (Å²) in [6, 6.07) is 3.65. The zero-order valence-electron chi connectivity index (χ0n) is 10.7. The molecule has 19 heavy (non-hydrogen) atoms. The van der Waals surface area contributed by atoms with Gasteiger partial charge >= 0.3 is 0 Å². The SMILES string of the molecule is CCCCn1ncc(NCc2ccco2)c(Cl)c1=O. The Hall–Kier alpha value is -1.75. The van der Waals surface area contributed by atoms with Crippen molar-refractivity contribution in [2.75, 3.05) is 5.32 Å². The molecule has 0 unspecified atom stereocenters. The highest BCUT2D eigenvalue weighted by Crippen LogP contribution is 2.16. The number of hydrogen-bond donors (Lipinski definition) is 1. The molecule has 0 saturated carbocycles. The van der Waals surface area contributed by atoms with Crippen molar-refractivity contribution < 1.29 is 4.42 Å². The molecule has 0 radical (unpaired) electrons. The summed E-state index contributed by atoms with van der Waals surface area (Å²) < 4.78 is 6.59. The Kier molecular flexibility index (Phi) is 4.63. The van der Waals surface area contributed by atoms with Gasteiger partial charge in [-0.05, 0) is 18.6 Å². The van der Waals surface area contributed by atoms with E-state index >= 15 is 0 Å². The summed E-state index contributed by atoms with van der Waals surface area (Å²) in [4.78, 5) is 12.0. The molecule has 6 heteroatoms. The number of anilines is 1. The average molecular weight is 282 g/mol. The Labute approximate surface area is 116 Å². The largest absolute Gasteiger partial charge is 0.467 e. The molecule has 2 rings (SSSR count). The maximum absolute atomic E-state index is 12.0. The summed E-state index contributed by atoms with van der Waals surface area (Å²) in [6.45, 7) is 3.12. The Bertz CT molecular complexity index is 578. The summed E-state index contributed by atoms with van der Waals surface area (Å²) in [5, 5.41) is 7.31. The Morgan fingerprint density at radius 1 is 1.53 bits per heavy atom. The lowest BCUT2D eigenvalue weighted by atomic mass is 10.3. The molecule has 2 aromatic rings. The highest BCUT2D eigenvalue weighted by molar-refractivity contribution is 6.32. The van der Waals surface area contributed by atoms with Crippen LogP contribution < -0.4 is 10.9 Å². The van der Waals surface area contributed by atoms with Crippen LogP contribution in [0.4, 0.5) is 5.69 Å². The molecule has 0 aromatic carbocycles. The predicted molar refractivity (Wildman–Crippen MR) is 74.4 cm³/mol.